The minimum absolute atomic E-state index is 0.0926. The van der Waals surface area contributed by atoms with Crippen molar-refractivity contribution in [2.24, 2.45) is 7.05 Å². The van der Waals surface area contributed by atoms with Crippen molar-refractivity contribution in [3.05, 3.63) is 70.6 Å². The van der Waals surface area contributed by atoms with Crippen molar-refractivity contribution in [3.8, 4) is 0 Å². The van der Waals surface area contributed by atoms with Crippen LogP contribution in [0.3, 0.4) is 0 Å². The molecular weight excluding hydrogens is 318 g/mol. The molecule has 5 nitrogen and oxygen atoms in total. The largest absolute Gasteiger partial charge is 0.347 e. The minimum atomic E-state index is 0.0926. The normalized spacial score (nSPS) is 12.7. The van der Waals surface area contributed by atoms with E-state index in [4.69, 9.17) is 0 Å². The van der Waals surface area contributed by atoms with E-state index in [2.05, 4.69) is 62.2 Å². The van der Waals surface area contributed by atoms with Crippen LogP contribution in [0.25, 0.3) is 10.9 Å². The van der Waals surface area contributed by atoms with E-state index in [9.17, 15) is 0 Å². The summed E-state index contributed by atoms with van der Waals surface area (Å²) in [7, 11) is 2.00. The molecule has 3 heterocycles. The fourth-order valence-corrected chi connectivity index (χ4v) is 3.83. The summed E-state index contributed by atoms with van der Waals surface area (Å²) in [6.07, 6.45) is 4.54. The monoisotopic (exact) mass is 337 g/mol. The molecule has 3 aromatic heterocycles. The van der Waals surface area contributed by atoms with Crippen molar-refractivity contribution in [3.63, 3.8) is 0 Å². The quantitative estimate of drug-likeness (QED) is 0.568. The molecule has 0 radical (unpaired) electrons. The average Bonchev–Trinajstić information content (AvgIpc) is 3.35. The van der Waals surface area contributed by atoms with Crippen LogP contribution in [0.4, 0.5) is 0 Å². The molecule has 4 rings (SSSR count). The maximum atomic E-state index is 4.67. The molecule has 0 saturated heterocycles. The summed E-state index contributed by atoms with van der Waals surface area (Å²) in [4.78, 5) is 8.90. The highest BCUT2D eigenvalue weighted by Gasteiger charge is 2.17. The number of fused-ring (bicyclic) bond motifs is 1. The van der Waals surface area contributed by atoms with Crippen molar-refractivity contribution in [1.29, 1.82) is 0 Å². The van der Waals surface area contributed by atoms with E-state index in [0.717, 1.165) is 24.5 Å². The molecule has 0 spiro atoms. The fraction of sp³-hybridized carbons (Fsp3) is 0.222. The minimum Gasteiger partial charge on any atom is -0.347 e. The molecule has 1 aromatic carbocycles. The maximum Gasteiger partial charge on any atom is 0.128 e. The topological polar surface area (TPSA) is 58.5 Å². The molecule has 2 N–H and O–H groups in total. The van der Waals surface area contributed by atoms with E-state index in [0.29, 0.717) is 0 Å². The Balaban J connectivity index is 1.51. The zero-order valence-corrected chi connectivity index (χ0v) is 14.3. The SMILES string of the molecule is Cn1nc(CCN[C@H](c2ncc[nH]2)c2cccs2)c2ccccc21. The molecule has 0 amide bonds. The first-order valence-corrected chi connectivity index (χ1v) is 8.87. The molecule has 24 heavy (non-hydrogen) atoms. The second-order valence-electron chi connectivity index (χ2n) is 5.71. The van der Waals surface area contributed by atoms with Gasteiger partial charge in [-0.2, -0.15) is 5.10 Å². The first-order valence-electron chi connectivity index (χ1n) is 7.99. The van der Waals surface area contributed by atoms with Gasteiger partial charge in [0.25, 0.3) is 0 Å². The Morgan fingerprint density at radius 2 is 2.17 bits per heavy atom. The van der Waals surface area contributed by atoms with Crippen molar-refractivity contribution in [1.82, 2.24) is 25.1 Å². The van der Waals surface area contributed by atoms with E-state index in [-0.39, 0.29) is 6.04 Å². The predicted octanol–water partition coefficient (Wildman–Crippen LogP) is 3.28. The number of thiophene rings is 1. The van der Waals surface area contributed by atoms with Crippen molar-refractivity contribution in [2.75, 3.05) is 6.54 Å². The van der Waals surface area contributed by atoms with Crippen LogP contribution in [0.2, 0.25) is 0 Å². The number of hydrogen-bond acceptors (Lipinski definition) is 4. The lowest BCUT2D eigenvalue weighted by atomic mass is 10.1. The molecule has 0 aliphatic rings. The Labute approximate surface area is 144 Å². The van der Waals surface area contributed by atoms with Crippen molar-refractivity contribution >= 4 is 22.2 Å². The number of nitrogens with one attached hydrogen (secondary N) is 2. The Morgan fingerprint density at radius 1 is 1.25 bits per heavy atom. The maximum absolute atomic E-state index is 4.67. The number of aryl methyl sites for hydroxylation is 1. The van der Waals surface area contributed by atoms with Gasteiger partial charge < -0.3 is 10.3 Å². The average molecular weight is 337 g/mol. The summed E-state index contributed by atoms with van der Waals surface area (Å²) >= 11 is 1.74. The highest BCUT2D eigenvalue weighted by molar-refractivity contribution is 7.10. The Kier molecular flexibility index (Phi) is 4.15. The van der Waals surface area contributed by atoms with Gasteiger partial charge in [0.1, 0.15) is 11.9 Å². The van der Waals surface area contributed by atoms with Gasteiger partial charge in [-0.15, -0.1) is 11.3 Å². The van der Waals surface area contributed by atoms with Crippen LogP contribution in [0.5, 0.6) is 0 Å². The fourth-order valence-electron chi connectivity index (χ4n) is 3.03. The molecule has 0 fully saturated rings. The highest BCUT2D eigenvalue weighted by Crippen LogP contribution is 2.24. The van der Waals surface area contributed by atoms with Crippen LogP contribution in [0.1, 0.15) is 22.4 Å². The number of imidazole rings is 1. The molecule has 4 aromatic rings. The van der Waals surface area contributed by atoms with Gasteiger partial charge in [-0.25, -0.2) is 4.98 Å². The summed E-state index contributed by atoms with van der Waals surface area (Å²) in [5.41, 5.74) is 2.30. The number of nitrogens with zero attached hydrogens (tertiary/aromatic N) is 3. The van der Waals surface area contributed by atoms with Gasteiger partial charge in [0.15, 0.2) is 0 Å². The van der Waals surface area contributed by atoms with Gasteiger partial charge in [-0.1, -0.05) is 24.3 Å². The van der Waals surface area contributed by atoms with Crippen LogP contribution >= 0.6 is 11.3 Å². The van der Waals surface area contributed by atoms with Gasteiger partial charge >= 0.3 is 0 Å². The number of benzene rings is 1. The number of aromatic nitrogens is 4. The first-order chi connectivity index (χ1) is 11.8. The number of hydrogen-bond donors (Lipinski definition) is 2. The smallest absolute Gasteiger partial charge is 0.128 e. The van der Waals surface area contributed by atoms with Crippen LogP contribution in [-0.2, 0) is 13.5 Å². The Morgan fingerprint density at radius 3 is 2.96 bits per heavy atom. The Hall–Kier alpha value is -2.44. The third-order valence-electron chi connectivity index (χ3n) is 4.17. The van der Waals surface area contributed by atoms with E-state index in [1.54, 1.807) is 17.5 Å². The number of para-hydroxylation sites is 1. The zero-order valence-electron chi connectivity index (χ0n) is 13.4. The summed E-state index contributed by atoms with van der Waals surface area (Å²) in [6.45, 7) is 0.838. The Bertz CT molecular complexity index is 874. The zero-order chi connectivity index (χ0) is 16.4. The molecule has 1 atom stereocenters. The van der Waals surface area contributed by atoms with Crippen LogP contribution in [-0.4, -0.2) is 26.3 Å². The molecule has 6 heteroatoms. The number of rotatable bonds is 6. The molecule has 122 valence electrons. The molecule has 0 saturated carbocycles. The van der Waals surface area contributed by atoms with Gasteiger partial charge in [-0.05, 0) is 17.5 Å². The molecular formula is C18H19N5S. The highest BCUT2D eigenvalue weighted by atomic mass is 32.1. The summed E-state index contributed by atoms with van der Waals surface area (Å²) < 4.78 is 1.95. The van der Waals surface area contributed by atoms with E-state index >= 15 is 0 Å². The number of aromatic amines is 1. The molecule has 0 aliphatic carbocycles. The van der Waals surface area contributed by atoms with E-state index in [1.807, 2.05) is 17.9 Å². The second-order valence-corrected chi connectivity index (χ2v) is 6.69. The lowest BCUT2D eigenvalue weighted by Crippen LogP contribution is -2.25. The van der Waals surface area contributed by atoms with Crippen LogP contribution in [0.15, 0.2) is 54.2 Å². The van der Waals surface area contributed by atoms with Crippen LogP contribution in [0, 0.1) is 0 Å². The molecule has 0 aliphatic heterocycles. The van der Waals surface area contributed by atoms with E-state index < -0.39 is 0 Å². The summed E-state index contributed by atoms with van der Waals surface area (Å²) in [6, 6.07) is 12.7. The van der Waals surface area contributed by atoms with Crippen LogP contribution < -0.4 is 5.32 Å². The van der Waals surface area contributed by atoms with Gasteiger partial charge in [0.2, 0.25) is 0 Å². The van der Waals surface area contributed by atoms with E-state index in [1.165, 1.54) is 15.8 Å². The molecule has 0 unspecified atom stereocenters. The lowest BCUT2D eigenvalue weighted by Gasteiger charge is -2.15. The summed E-state index contributed by atoms with van der Waals surface area (Å²) in [5, 5.41) is 11.6. The van der Waals surface area contributed by atoms with Gasteiger partial charge in [0.05, 0.1) is 11.2 Å². The third-order valence-corrected chi connectivity index (χ3v) is 5.10. The second kappa shape index (κ2) is 6.59. The van der Waals surface area contributed by atoms with Crippen molar-refractivity contribution < 1.29 is 0 Å². The predicted molar refractivity (Wildman–Crippen MR) is 97.2 cm³/mol. The van der Waals surface area contributed by atoms with Gasteiger partial charge in [-0.3, -0.25) is 4.68 Å². The third kappa shape index (κ3) is 2.86. The first kappa shape index (κ1) is 15.1. The standard InChI is InChI=1S/C18H19N5S/c1-23-15-6-3-2-5-13(15)14(22-23)8-9-19-17(16-7-4-12-24-16)18-20-10-11-21-18/h2-7,10-12,17,19H,8-9H2,1H3,(H,20,21)/t17-/m0/s1. The van der Waals surface area contributed by atoms with Gasteiger partial charge in [0, 0.05) is 42.7 Å². The summed E-state index contributed by atoms with van der Waals surface area (Å²) in [5.74, 6) is 0.948. The molecule has 0 bridgehead atoms. The van der Waals surface area contributed by atoms with Crippen molar-refractivity contribution in [2.45, 2.75) is 12.5 Å². The lowest BCUT2D eigenvalue weighted by molar-refractivity contribution is 0.585. The number of H-pyrrole nitrogens is 1.